The lowest BCUT2D eigenvalue weighted by atomic mass is 9.99. The van der Waals surface area contributed by atoms with E-state index in [0.29, 0.717) is 5.92 Å². The molecular weight excluding hydrogens is 324 g/mol. The van der Waals surface area contributed by atoms with Gasteiger partial charge in [-0.2, -0.15) is 0 Å². The monoisotopic (exact) mass is 350 g/mol. The first-order valence-electron chi connectivity index (χ1n) is 9.47. The zero-order chi connectivity index (χ0) is 17.9. The van der Waals surface area contributed by atoms with Crippen LogP contribution in [0.4, 0.5) is 0 Å². The Morgan fingerprint density at radius 1 is 1.23 bits per heavy atom. The molecule has 0 bridgehead atoms. The first-order valence-corrected chi connectivity index (χ1v) is 9.47. The Labute approximate surface area is 154 Å². The van der Waals surface area contributed by atoms with Crippen LogP contribution in [0, 0.1) is 5.92 Å². The number of aromatic nitrogens is 3. The van der Waals surface area contributed by atoms with E-state index in [4.69, 9.17) is 4.74 Å². The molecule has 1 unspecified atom stereocenters. The predicted octanol–water partition coefficient (Wildman–Crippen LogP) is 3.88. The summed E-state index contributed by atoms with van der Waals surface area (Å²) in [4.78, 5) is 9.18. The highest BCUT2D eigenvalue weighted by Gasteiger charge is 2.32. The molecule has 2 aromatic heterocycles. The smallest absolute Gasteiger partial charge is 0.138 e. The lowest BCUT2D eigenvalue weighted by Gasteiger charge is -2.22. The van der Waals surface area contributed by atoms with E-state index in [0.717, 1.165) is 37.6 Å². The predicted molar refractivity (Wildman–Crippen MR) is 103 cm³/mol. The average molecular weight is 350 g/mol. The van der Waals surface area contributed by atoms with E-state index in [1.165, 1.54) is 10.8 Å². The molecule has 0 spiro atoms. The molecule has 136 valence electrons. The molecule has 1 fully saturated rings. The molecule has 1 aliphatic rings. The van der Waals surface area contributed by atoms with Crippen LogP contribution in [0.1, 0.15) is 43.9 Å². The fraction of sp³-hybridized carbons (Fsp3) is 0.429. The third-order valence-corrected chi connectivity index (χ3v) is 5.36. The molecule has 1 aromatic carbocycles. The molecule has 1 aliphatic heterocycles. The quantitative estimate of drug-likeness (QED) is 0.733. The van der Waals surface area contributed by atoms with E-state index in [9.17, 15) is 0 Å². The van der Waals surface area contributed by atoms with E-state index >= 15 is 0 Å². The van der Waals surface area contributed by atoms with Gasteiger partial charge in [0.1, 0.15) is 11.9 Å². The van der Waals surface area contributed by atoms with Gasteiger partial charge in [0, 0.05) is 55.6 Å². The number of aryl methyl sites for hydroxylation is 1. The summed E-state index contributed by atoms with van der Waals surface area (Å²) in [5, 5.41) is 6.14. The van der Waals surface area contributed by atoms with Crippen LogP contribution in [0.5, 0.6) is 0 Å². The molecule has 26 heavy (non-hydrogen) atoms. The molecule has 0 saturated carbocycles. The van der Waals surface area contributed by atoms with Crippen molar-refractivity contribution in [2.75, 3.05) is 13.2 Å². The molecule has 4 rings (SSSR count). The maximum absolute atomic E-state index is 6.02. The molecule has 0 amide bonds. The van der Waals surface area contributed by atoms with Gasteiger partial charge in [0.05, 0.1) is 5.69 Å². The molecule has 0 aliphatic carbocycles. The lowest BCUT2D eigenvalue weighted by molar-refractivity contribution is 0.0799. The number of hydrogen-bond donors (Lipinski definition) is 1. The summed E-state index contributed by atoms with van der Waals surface area (Å²) in [6.45, 7) is 6.95. The van der Waals surface area contributed by atoms with Crippen LogP contribution in [0.3, 0.4) is 0 Å². The minimum Gasteiger partial charge on any atom is -0.370 e. The number of imidazole rings is 1. The van der Waals surface area contributed by atoms with Crippen LogP contribution in [-0.4, -0.2) is 27.7 Å². The standard InChI is InChI=1S/C21H26N4O/c1-3-25-12-11-23-21(25)20-17(9-13-26-20)14-24-15(2)19-18-7-5-4-6-16(18)8-10-22-19/h4-8,10-12,15,17,20,24H,3,9,13-14H2,1-2H3/t15?,17-,20+/m0/s1. The maximum atomic E-state index is 6.02. The van der Waals surface area contributed by atoms with Gasteiger partial charge in [0.15, 0.2) is 0 Å². The normalized spacial score (nSPS) is 21.3. The number of nitrogens with one attached hydrogen (secondary N) is 1. The van der Waals surface area contributed by atoms with Crippen LogP contribution in [0.25, 0.3) is 10.8 Å². The Kier molecular flexibility index (Phi) is 5.00. The first kappa shape index (κ1) is 17.2. The van der Waals surface area contributed by atoms with Crippen molar-refractivity contribution in [1.82, 2.24) is 19.9 Å². The van der Waals surface area contributed by atoms with Crippen molar-refractivity contribution in [3.63, 3.8) is 0 Å². The van der Waals surface area contributed by atoms with Gasteiger partial charge in [-0.3, -0.25) is 4.98 Å². The number of pyridine rings is 1. The molecular formula is C21H26N4O. The maximum Gasteiger partial charge on any atom is 0.138 e. The van der Waals surface area contributed by atoms with E-state index in [2.05, 4.69) is 64.0 Å². The van der Waals surface area contributed by atoms with Gasteiger partial charge >= 0.3 is 0 Å². The van der Waals surface area contributed by atoms with Gasteiger partial charge in [-0.05, 0) is 31.7 Å². The number of hydrogen-bond acceptors (Lipinski definition) is 4. The van der Waals surface area contributed by atoms with Crippen LogP contribution in [0.15, 0.2) is 48.9 Å². The number of fused-ring (bicyclic) bond motifs is 1. The molecule has 1 N–H and O–H groups in total. The second-order valence-corrected chi connectivity index (χ2v) is 6.96. The Balaban J connectivity index is 1.47. The molecule has 1 saturated heterocycles. The zero-order valence-corrected chi connectivity index (χ0v) is 15.4. The van der Waals surface area contributed by atoms with Gasteiger partial charge in [-0.25, -0.2) is 4.98 Å². The second kappa shape index (κ2) is 7.56. The second-order valence-electron chi connectivity index (χ2n) is 6.96. The van der Waals surface area contributed by atoms with Crippen LogP contribution in [-0.2, 0) is 11.3 Å². The van der Waals surface area contributed by atoms with E-state index < -0.39 is 0 Å². The Morgan fingerprint density at radius 2 is 2.12 bits per heavy atom. The van der Waals surface area contributed by atoms with Crippen molar-refractivity contribution in [3.05, 3.63) is 60.4 Å². The number of benzene rings is 1. The van der Waals surface area contributed by atoms with Crippen LogP contribution < -0.4 is 5.32 Å². The minimum absolute atomic E-state index is 0.0742. The largest absolute Gasteiger partial charge is 0.370 e. The molecule has 0 radical (unpaired) electrons. The number of ether oxygens (including phenoxy) is 1. The first-order chi connectivity index (χ1) is 12.8. The summed E-state index contributed by atoms with van der Waals surface area (Å²) in [6, 6.07) is 10.7. The molecule has 3 aromatic rings. The summed E-state index contributed by atoms with van der Waals surface area (Å²) in [7, 11) is 0. The van der Waals surface area contributed by atoms with Crippen LogP contribution in [0.2, 0.25) is 0 Å². The zero-order valence-electron chi connectivity index (χ0n) is 15.4. The third-order valence-electron chi connectivity index (χ3n) is 5.36. The number of nitrogens with zero attached hydrogens (tertiary/aromatic N) is 3. The van der Waals surface area contributed by atoms with E-state index in [1.54, 1.807) is 0 Å². The van der Waals surface area contributed by atoms with Gasteiger partial charge in [-0.1, -0.05) is 24.3 Å². The van der Waals surface area contributed by atoms with Gasteiger partial charge < -0.3 is 14.6 Å². The Hall–Kier alpha value is -2.24. The van der Waals surface area contributed by atoms with Gasteiger partial charge in [-0.15, -0.1) is 0 Å². The van der Waals surface area contributed by atoms with Crippen molar-refractivity contribution >= 4 is 10.8 Å². The van der Waals surface area contributed by atoms with Crippen LogP contribution >= 0.6 is 0 Å². The summed E-state index contributed by atoms with van der Waals surface area (Å²) in [6.07, 6.45) is 6.93. The SMILES string of the molecule is CCn1ccnc1[C@@H]1OCC[C@H]1CNC(C)c1nccc2ccccc12. The van der Waals surface area contributed by atoms with Crippen molar-refractivity contribution in [2.24, 2.45) is 5.92 Å². The molecule has 3 heterocycles. The summed E-state index contributed by atoms with van der Waals surface area (Å²) in [5.41, 5.74) is 1.11. The highest BCUT2D eigenvalue weighted by Crippen LogP contribution is 2.34. The van der Waals surface area contributed by atoms with Crippen molar-refractivity contribution in [2.45, 2.75) is 39.0 Å². The van der Waals surface area contributed by atoms with Gasteiger partial charge in [0.25, 0.3) is 0 Å². The highest BCUT2D eigenvalue weighted by atomic mass is 16.5. The Morgan fingerprint density at radius 3 is 3.00 bits per heavy atom. The van der Waals surface area contributed by atoms with Crippen molar-refractivity contribution < 1.29 is 4.74 Å². The molecule has 3 atom stereocenters. The van der Waals surface area contributed by atoms with Crippen molar-refractivity contribution in [1.29, 1.82) is 0 Å². The number of rotatable bonds is 6. The lowest BCUT2D eigenvalue weighted by Crippen LogP contribution is -2.29. The van der Waals surface area contributed by atoms with E-state index in [1.807, 2.05) is 18.6 Å². The average Bonchev–Trinajstić information content (AvgIpc) is 3.33. The molecule has 5 heteroatoms. The van der Waals surface area contributed by atoms with E-state index in [-0.39, 0.29) is 12.1 Å². The minimum atomic E-state index is 0.0742. The summed E-state index contributed by atoms with van der Waals surface area (Å²) < 4.78 is 8.20. The summed E-state index contributed by atoms with van der Waals surface area (Å²) in [5.74, 6) is 1.48. The molecule has 5 nitrogen and oxygen atoms in total. The third kappa shape index (κ3) is 3.24. The fourth-order valence-corrected chi connectivity index (χ4v) is 3.89. The fourth-order valence-electron chi connectivity index (χ4n) is 3.89. The Bertz CT molecular complexity index is 870. The highest BCUT2D eigenvalue weighted by molar-refractivity contribution is 5.84. The van der Waals surface area contributed by atoms with Gasteiger partial charge in [0.2, 0.25) is 0 Å². The topological polar surface area (TPSA) is 52.0 Å². The van der Waals surface area contributed by atoms with Crippen molar-refractivity contribution in [3.8, 4) is 0 Å². The summed E-state index contributed by atoms with van der Waals surface area (Å²) >= 11 is 0.